The van der Waals surface area contributed by atoms with E-state index in [0.29, 0.717) is 24.6 Å². The van der Waals surface area contributed by atoms with E-state index in [1.54, 1.807) is 11.0 Å². The van der Waals surface area contributed by atoms with Crippen molar-refractivity contribution in [3.05, 3.63) is 24.2 Å². The van der Waals surface area contributed by atoms with Gasteiger partial charge in [0.2, 0.25) is 5.91 Å². The topological polar surface area (TPSA) is 62.6 Å². The van der Waals surface area contributed by atoms with E-state index in [4.69, 9.17) is 4.42 Å². The smallest absolute Gasteiger partial charge is 0.257 e. The Balaban J connectivity index is 1.75. The maximum absolute atomic E-state index is 12.1. The van der Waals surface area contributed by atoms with Crippen LogP contribution in [0.1, 0.15) is 43.5 Å². The lowest BCUT2D eigenvalue weighted by Gasteiger charge is -2.31. The predicted molar refractivity (Wildman–Crippen MR) is 79.8 cm³/mol. The van der Waals surface area contributed by atoms with Crippen LogP contribution in [-0.4, -0.2) is 36.3 Å². The number of likely N-dealkylation sites (tertiary alicyclic amines) is 1. The molecule has 1 aliphatic rings. The third-order valence-electron chi connectivity index (χ3n) is 3.94. The van der Waals surface area contributed by atoms with Crippen molar-refractivity contribution in [2.45, 2.75) is 33.1 Å². The van der Waals surface area contributed by atoms with Gasteiger partial charge in [-0.2, -0.15) is 0 Å². The molecule has 1 N–H and O–H groups in total. The third kappa shape index (κ3) is 4.34. The fourth-order valence-electron chi connectivity index (χ4n) is 2.54. The van der Waals surface area contributed by atoms with Crippen molar-refractivity contribution in [3.63, 3.8) is 0 Å². The zero-order valence-electron chi connectivity index (χ0n) is 12.8. The second kappa shape index (κ2) is 7.29. The molecule has 0 unspecified atom stereocenters. The molecule has 1 fully saturated rings. The fourth-order valence-corrected chi connectivity index (χ4v) is 2.54. The van der Waals surface area contributed by atoms with Crippen LogP contribution in [0.25, 0.3) is 0 Å². The van der Waals surface area contributed by atoms with Crippen molar-refractivity contribution in [3.8, 4) is 0 Å². The highest BCUT2D eigenvalue weighted by atomic mass is 16.3. The van der Waals surface area contributed by atoms with Crippen LogP contribution in [0.3, 0.4) is 0 Å². The Morgan fingerprint density at radius 1 is 1.38 bits per heavy atom. The molecule has 1 aromatic rings. The lowest BCUT2D eigenvalue weighted by Crippen LogP contribution is -2.43. The summed E-state index contributed by atoms with van der Waals surface area (Å²) < 4.78 is 4.94. The van der Waals surface area contributed by atoms with Crippen LogP contribution >= 0.6 is 0 Å². The number of amides is 2. The van der Waals surface area contributed by atoms with E-state index in [0.717, 1.165) is 25.8 Å². The monoisotopic (exact) mass is 292 g/mol. The molecule has 1 saturated heterocycles. The Morgan fingerprint density at radius 2 is 2.10 bits per heavy atom. The lowest BCUT2D eigenvalue weighted by molar-refractivity contribution is -0.126. The van der Waals surface area contributed by atoms with Crippen LogP contribution in [0.5, 0.6) is 0 Å². The van der Waals surface area contributed by atoms with E-state index in [-0.39, 0.29) is 17.7 Å². The molecule has 0 saturated carbocycles. The van der Waals surface area contributed by atoms with Crippen molar-refractivity contribution in [2.24, 2.45) is 11.8 Å². The van der Waals surface area contributed by atoms with E-state index in [2.05, 4.69) is 19.2 Å². The molecular weight excluding hydrogens is 268 g/mol. The Hall–Kier alpha value is -1.78. The number of hydrogen-bond donors (Lipinski definition) is 1. The van der Waals surface area contributed by atoms with Crippen molar-refractivity contribution < 1.29 is 14.0 Å². The molecule has 1 aromatic heterocycles. The van der Waals surface area contributed by atoms with Crippen molar-refractivity contribution >= 4 is 11.8 Å². The molecule has 1 aliphatic heterocycles. The Labute approximate surface area is 125 Å². The lowest BCUT2D eigenvalue weighted by atomic mass is 9.95. The van der Waals surface area contributed by atoms with E-state index in [1.807, 2.05) is 0 Å². The SMILES string of the molecule is CC(C)CCNC(=O)C1CCN(C(=O)c2ccoc2)CC1. The van der Waals surface area contributed by atoms with Gasteiger partial charge in [-0.3, -0.25) is 9.59 Å². The van der Waals surface area contributed by atoms with Crippen LogP contribution in [0.2, 0.25) is 0 Å². The van der Waals surface area contributed by atoms with Crippen molar-refractivity contribution in [2.75, 3.05) is 19.6 Å². The molecular formula is C16H24N2O3. The minimum atomic E-state index is -0.0117. The molecule has 5 nitrogen and oxygen atoms in total. The summed E-state index contributed by atoms with van der Waals surface area (Å²) in [5.74, 6) is 0.749. The summed E-state index contributed by atoms with van der Waals surface area (Å²) in [7, 11) is 0. The largest absolute Gasteiger partial charge is 0.472 e. The number of furan rings is 1. The molecule has 21 heavy (non-hydrogen) atoms. The summed E-state index contributed by atoms with van der Waals surface area (Å²) in [6.07, 6.45) is 5.44. The molecule has 2 heterocycles. The molecule has 2 rings (SSSR count). The first kappa shape index (κ1) is 15.6. The number of rotatable bonds is 5. The van der Waals surface area contributed by atoms with E-state index >= 15 is 0 Å². The maximum Gasteiger partial charge on any atom is 0.257 e. The summed E-state index contributed by atoms with van der Waals surface area (Å²) in [6, 6.07) is 1.67. The third-order valence-corrected chi connectivity index (χ3v) is 3.94. The van der Waals surface area contributed by atoms with Gasteiger partial charge in [0.15, 0.2) is 0 Å². The van der Waals surface area contributed by atoms with Gasteiger partial charge in [0.1, 0.15) is 6.26 Å². The van der Waals surface area contributed by atoms with E-state index < -0.39 is 0 Å². The fraction of sp³-hybridized carbons (Fsp3) is 0.625. The highest BCUT2D eigenvalue weighted by molar-refractivity contribution is 5.94. The van der Waals surface area contributed by atoms with Crippen molar-refractivity contribution in [1.29, 1.82) is 0 Å². The Bertz CT molecular complexity index is 460. The van der Waals surface area contributed by atoms with Gasteiger partial charge in [0.25, 0.3) is 5.91 Å². The number of piperidine rings is 1. The van der Waals surface area contributed by atoms with E-state index in [1.165, 1.54) is 12.5 Å². The minimum absolute atomic E-state index is 0.0117. The first-order valence-electron chi connectivity index (χ1n) is 7.67. The van der Waals surface area contributed by atoms with Gasteiger partial charge in [0.05, 0.1) is 11.8 Å². The van der Waals surface area contributed by atoms with Crippen LogP contribution in [0.15, 0.2) is 23.0 Å². The first-order valence-corrected chi connectivity index (χ1v) is 7.67. The summed E-state index contributed by atoms with van der Waals surface area (Å²) >= 11 is 0. The summed E-state index contributed by atoms with van der Waals surface area (Å²) in [4.78, 5) is 26.0. The quantitative estimate of drug-likeness (QED) is 0.905. The van der Waals surface area contributed by atoms with Gasteiger partial charge in [0, 0.05) is 25.6 Å². The standard InChI is InChI=1S/C16H24N2O3/c1-12(2)3-7-17-15(19)13-4-8-18(9-5-13)16(20)14-6-10-21-11-14/h6,10-13H,3-5,7-9H2,1-2H3,(H,17,19). The number of nitrogens with one attached hydrogen (secondary N) is 1. The second-order valence-corrected chi connectivity index (χ2v) is 6.05. The number of carbonyl (C=O) groups is 2. The normalized spacial score (nSPS) is 16.2. The number of carbonyl (C=O) groups excluding carboxylic acids is 2. The number of hydrogen-bond acceptors (Lipinski definition) is 3. The molecule has 0 aromatic carbocycles. The molecule has 0 radical (unpaired) electrons. The predicted octanol–water partition coefficient (Wildman–Crippen LogP) is 2.29. The van der Waals surface area contributed by atoms with Crippen LogP contribution in [0, 0.1) is 11.8 Å². The van der Waals surface area contributed by atoms with E-state index in [9.17, 15) is 9.59 Å². The summed E-state index contributed by atoms with van der Waals surface area (Å²) in [6.45, 7) is 6.29. The van der Waals surface area contributed by atoms with Gasteiger partial charge in [-0.05, 0) is 31.2 Å². The highest BCUT2D eigenvalue weighted by Crippen LogP contribution is 2.19. The molecule has 0 atom stereocenters. The van der Waals surface area contributed by atoms with Gasteiger partial charge in [-0.25, -0.2) is 0 Å². The average Bonchev–Trinajstić information content (AvgIpc) is 3.00. The zero-order valence-corrected chi connectivity index (χ0v) is 12.8. The molecule has 5 heteroatoms. The summed E-state index contributed by atoms with van der Waals surface area (Å²) in [5, 5.41) is 3.00. The van der Waals surface area contributed by atoms with Crippen LogP contribution in [0.4, 0.5) is 0 Å². The van der Waals surface area contributed by atoms with Gasteiger partial charge < -0.3 is 14.6 Å². The molecule has 0 aliphatic carbocycles. The molecule has 0 spiro atoms. The van der Waals surface area contributed by atoms with Gasteiger partial charge >= 0.3 is 0 Å². The maximum atomic E-state index is 12.1. The first-order chi connectivity index (χ1) is 10.1. The molecule has 0 bridgehead atoms. The van der Waals surface area contributed by atoms with Gasteiger partial charge in [-0.1, -0.05) is 13.8 Å². The number of nitrogens with zero attached hydrogens (tertiary/aromatic N) is 1. The van der Waals surface area contributed by atoms with Crippen molar-refractivity contribution in [1.82, 2.24) is 10.2 Å². The van der Waals surface area contributed by atoms with Crippen LogP contribution in [-0.2, 0) is 4.79 Å². The van der Waals surface area contributed by atoms with Gasteiger partial charge in [-0.15, -0.1) is 0 Å². The Morgan fingerprint density at radius 3 is 2.67 bits per heavy atom. The van der Waals surface area contributed by atoms with Crippen LogP contribution < -0.4 is 5.32 Å². The summed E-state index contributed by atoms with van der Waals surface area (Å²) in [5.41, 5.74) is 0.579. The highest BCUT2D eigenvalue weighted by Gasteiger charge is 2.27. The molecule has 2 amide bonds. The Kier molecular flexibility index (Phi) is 5.42. The molecule has 116 valence electrons. The second-order valence-electron chi connectivity index (χ2n) is 6.05. The minimum Gasteiger partial charge on any atom is -0.472 e. The zero-order chi connectivity index (χ0) is 15.2. The average molecular weight is 292 g/mol.